The smallest absolute Gasteiger partial charge is 0.337 e. The maximum absolute atomic E-state index is 13.5. The molecule has 0 amide bonds. The zero-order valence-corrected chi connectivity index (χ0v) is 20.1. The summed E-state index contributed by atoms with van der Waals surface area (Å²) < 4.78 is 1.61. The van der Waals surface area contributed by atoms with Crippen molar-refractivity contribution in [3.05, 3.63) is 105 Å². The second-order valence-corrected chi connectivity index (χ2v) is 9.19. The Morgan fingerprint density at radius 2 is 1.80 bits per heavy atom. The average Bonchev–Trinajstić information content (AvgIpc) is 2.86. The maximum Gasteiger partial charge on any atom is 0.337 e. The number of carbonyl (C=O) groups is 1. The number of benzene rings is 2. The lowest BCUT2D eigenvalue weighted by molar-refractivity contribution is 0.0698. The van der Waals surface area contributed by atoms with Gasteiger partial charge in [-0.1, -0.05) is 36.4 Å². The molecule has 0 saturated heterocycles. The first-order valence-electron chi connectivity index (χ1n) is 11.8. The Morgan fingerprint density at radius 3 is 2.57 bits per heavy atom. The molecular formula is C28H28N4O3. The first-order valence-corrected chi connectivity index (χ1v) is 11.8. The highest BCUT2D eigenvalue weighted by molar-refractivity contribution is 5.94. The lowest BCUT2D eigenvalue weighted by atomic mass is 9.99. The molecule has 1 atom stereocenters. The molecule has 0 radical (unpaired) electrons. The second-order valence-electron chi connectivity index (χ2n) is 9.19. The number of aryl methyl sites for hydroxylation is 1. The first-order chi connectivity index (χ1) is 16.8. The number of aromatic carboxylic acids is 1. The quantitative estimate of drug-likeness (QED) is 0.440. The molecule has 0 saturated carbocycles. The van der Waals surface area contributed by atoms with Crippen molar-refractivity contribution in [2.45, 2.75) is 39.8 Å². The molecule has 5 rings (SSSR count). The minimum atomic E-state index is -0.993. The van der Waals surface area contributed by atoms with Crippen LogP contribution in [0.3, 0.4) is 0 Å². The van der Waals surface area contributed by atoms with Crippen molar-refractivity contribution in [3.63, 3.8) is 0 Å². The molecule has 0 bridgehead atoms. The van der Waals surface area contributed by atoms with Gasteiger partial charge in [-0.05, 0) is 62.1 Å². The van der Waals surface area contributed by atoms with Crippen LogP contribution in [0.1, 0.15) is 51.1 Å². The zero-order valence-electron chi connectivity index (χ0n) is 20.1. The number of rotatable bonds is 5. The molecule has 2 N–H and O–H groups in total. The van der Waals surface area contributed by atoms with Gasteiger partial charge in [-0.3, -0.25) is 9.20 Å². The van der Waals surface area contributed by atoms with E-state index in [0.717, 1.165) is 24.1 Å². The molecule has 2 aromatic carbocycles. The van der Waals surface area contributed by atoms with Crippen LogP contribution < -0.4 is 15.8 Å². The van der Waals surface area contributed by atoms with Crippen molar-refractivity contribution >= 4 is 23.1 Å². The van der Waals surface area contributed by atoms with Gasteiger partial charge >= 0.3 is 5.97 Å². The van der Waals surface area contributed by atoms with E-state index in [1.165, 1.54) is 11.1 Å². The minimum absolute atomic E-state index is 0.0908. The highest BCUT2D eigenvalue weighted by atomic mass is 16.4. The van der Waals surface area contributed by atoms with Gasteiger partial charge in [0.15, 0.2) is 0 Å². The second kappa shape index (κ2) is 8.91. The molecular weight excluding hydrogens is 440 g/mol. The first kappa shape index (κ1) is 22.7. The molecule has 7 heteroatoms. The average molecular weight is 469 g/mol. The molecule has 7 nitrogen and oxygen atoms in total. The molecule has 2 aromatic heterocycles. The molecule has 3 heterocycles. The van der Waals surface area contributed by atoms with Crippen LogP contribution in [-0.2, 0) is 13.0 Å². The Morgan fingerprint density at radius 1 is 1.09 bits per heavy atom. The standard InChI is InChI=1S/C28H28N4O3/c1-17-14-23(19(3)29-24-11-7-6-10-22(24)28(34)35)26-30-25(18(2)27(33)32(26)15-17)31-13-12-20-8-4-5-9-21(20)16-31/h4-11,14-15,19,29H,12-13,16H2,1-3H3,(H,34,35)/t19-/m1/s1. The zero-order chi connectivity index (χ0) is 24.7. The van der Waals surface area contributed by atoms with Gasteiger partial charge in [0, 0.05) is 30.5 Å². The highest BCUT2D eigenvalue weighted by Gasteiger charge is 2.23. The van der Waals surface area contributed by atoms with Crippen molar-refractivity contribution < 1.29 is 9.90 Å². The fourth-order valence-electron chi connectivity index (χ4n) is 4.89. The Balaban J connectivity index is 1.60. The maximum atomic E-state index is 13.5. The number of nitrogens with one attached hydrogen (secondary N) is 1. The summed E-state index contributed by atoms with van der Waals surface area (Å²) in [5.41, 5.74) is 6.18. The van der Waals surface area contributed by atoms with E-state index in [2.05, 4.69) is 28.4 Å². The lowest BCUT2D eigenvalue weighted by Gasteiger charge is -2.31. The van der Waals surface area contributed by atoms with Crippen LogP contribution in [0, 0.1) is 13.8 Å². The summed E-state index contributed by atoms with van der Waals surface area (Å²) in [5, 5.41) is 12.9. The largest absolute Gasteiger partial charge is 0.478 e. The summed E-state index contributed by atoms with van der Waals surface area (Å²) in [5.74, 6) is -0.292. The molecule has 0 spiro atoms. The van der Waals surface area contributed by atoms with Crippen LogP contribution in [-0.4, -0.2) is 27.0 Å². The molecule has 1 aliphatic rings. The van der Waals surface area contributed by atoms with E-state index < -0.39 is 5.97 Å². The van der Waals surface area contributed by atoms with E-state index >= 15 is 0 Å². The van der Waals surface area contributed by atoms with Gasteiger partial charge in [0.2, 0.25) is 0 Å². The summed E-state index contributed by atoms with van der Waals surface area (Å²) in [4.78, 5) is 32.4. The fourth-order valence-corrected chi connectivity index (χ4v) is 4.89. The predicted molar refractivity (Wildman–Crippen MR) is 138 cm³/mol. The molecule has 1 aliphatic heterocycles. The summed E-state index contributed by atoms with van der Waals surface area (Å²) in [7, 11) is 0. The number of pyridine rings is 1. The van der Waals surface area contributed by atoms with Crippen molar-refractivity contribution in [2.75, 3.05) is 16.8 Å². The monoisotopic (exact) mass is 468 g/mol. The van der Waals surface area contributed by atoms with Crippen LogP contribution in [0.25, 0.3) is 5.65 Å². The fraction of sp³-hybridized carbons (Fsp3) is 0.250. The van der Waals surface area contributed by atoms with E-state index in [4.69, 9.17) is 4.98 Å². The minimum Gasteiger partial charge on any atom is -0.478 e. The van der Waals surface area contributed by atoms with Gasteiger partial charge < -0.3 is 15.3 Å². The number of para-hydroxylation sites is 1. The third-order valence-electron chi connectivity index (χ3n) is 6.72. The van der Waals surface area contributed by atoms with Crippen molar-refractivity contribution in [3.8, 4) is 0 Å². The molecule has 35 heavy (non-hydrogen) atoms. The Hall–Kier alpha value is -4.13. The van der Waals surface area contributed by atoms with E-state index in [-0.39, 0.29) is 17.2 Å². The van der Waals surface area contributed by atoms with Gasteiger partial charge in [-0.2, -0.15) is 0 Å². The number of hydrogen-bond acceptors (Lipinski definition) is 5. The number of nitrogens with zero attached hydrogens (tertiary/aromatic N) is 3. The topological polar surface area (TPSA) is 86.9 Å². The van der Waals surface area contributed by atoms with Crippen LogP contribution in [0.2, 0.25) is 0 Å². The van der Waals surface area contributed by atoms with E-state index in [9.17, 15) is 14.7 Å². The number of carboxylic acid groups (broad SMARTS) is 1. The Kier molecular flexibility index (Phi) is 5.76. The number of fused-ring (bicyclic) bond motifs is 2. The highest BCUT2D eigenvalue weighted by Crippen LogP contribution is 2.29. The van der Waals surface area contributed by atoms with Gasteiger partial charge in [-0.15, -0.1) is 0 Å². The summed E-state index contributed by atoms with van der Waals surface area (Å²) >= 11 is 0. The van der Waals surface area contributed by atoms with E-state index in [0.29, 0.717) is 29.3 Å². The van der Waals surface area contributed by atoms with Gasteiger partial charge in [0.25, 0.3) is 5.56 Å². The summed E-state index contributed by atoms with van der Waals surface area (Å²) in [6.45, 7) is 7.24. The molecule has 4 aromatic rings. The number of hydrogen-bond donors (Lipinski definition) is 2. The van der Waals surface area contributed by atoms with E-state index in [1.807, 2.05) is 39.1 Å². The van der Waals surface area contributed by atoms with Crippen molar-refractivity contribution in [1.82, 2.24) is 9.38 Å². The molecule has 0 aliphatic carbocycles. The molecule has 0 fully saturated rings. The third-order valence-corrected chi connectivity index (χ3v) is 6.72. The summed E-state index contributed by atoms with van der Waals surface area (Å²) in [6, 6.07) is 16.9. The number of aromatic nitrogens is 2. The van der Waals surface area contributed by atoms with Crippen LogP contribution in [0.15, 0.2) is 65.6 Å². The molecule has 0 unspecified atom stereocenters. The van der Waals surface area contributed by atoms with Crippen molar-refractivity contribution in [1.29, 1.82) is 0 Å². The predicted octanol–water partition coefficient (Wildman–Crippen LogP) is 4.75. The number of anilines is 2. The normalized spacial score (nSPS) is 14.0. The Bertz CT molecular complexity index is 1510. The van der Waals surface area contributed by atoms with Crippen LogP contribution in [0.5, 0.6) is 0 Å². The SMILES string of the molecule is Cc1cc([C@@H](C)Nc2ccccc2C(=O)O)c2nc(N3CCc4ccccc4C3)c(C)c(=O)n2c1. The Labute approximate surface area is 203 Å². The van der Waals surface area contributed by atoms with Gasteiger partial charge in [0.1, 0.15) is 11.5 Å². The third kappa shape index (κ3) is 4.14. The van der Waals surface area contributed by atoms with E-state index in [1.54, 1.807) is 28.7 Å². The van der Waals surface area contributed by atoms with Crippen LogP contribution >= 0.6 is 0 Å². The van der Waals surface area contributed by atoms with Crippen molar-refractivity contribution in [2.24, 2.45) is 0 Å². The lowest BCUT2D eigenvalue weighted by Crippen LogP contribution is -2.34. The molecule has 178 valence electrons. The van der Waals surface area contributed by atoms with Crippen LogP contribution in [0.4, 0.5) is 11.5 Å². The van der Waals surface area contributed by atoms with Gasteiger partial charge in [-0.25, -0.2) is 9.78 Å². The van der Waals surface area contributed by atoms with Gasteiger partial charge in [0.05, 0.1) is 17.2 Å². The number of carboxylic acids is 1. The summed E-state index contributed by atoms with van der Waals surface area (Å²) in [6.07, 6.45) is 2.72.